The monoisotopic (exact) mass is 305 g/mol. The highest BCUT2D eigenvalue weighted by molar-refractivity contribution is 6.28. The molecule has 0 N–H and O–H groups in total. The molecule has 1 aromatic carbocycles. The van der Waals surface area contributed by atoms with Gasteiger partial charge < -0.3 is 9.47 Å². The van der Waals surface area contributed by atoms with Gasteiger partial charge in [0.15, 0.2) is 0 Å². The lowest BCUT2D eigenvalue weighted by atomic mass is 10.2. The van der Waals surface area contributed by atoms with E-state index in [9.17, 15) is 0 Å². The van der Waals surface area contributed by atoms with E-state index < -0.39 is 0 Å². The fourth-order valence-electron chi connectivity index (χ4n) is 1.51. The molecule has 6 heteroatoms. The van der Waals surface area contributed by atoms with Gasteiger partial charge in [0.2, 0.25) is 5.28 Å². The Morgan fingerprint density at radius 3 is 2.48 bits per heavy atom. The van der Waals surface area contributed by atoms with Crippen LogP contribution < -0.4 is 9.47 Å². The number of halogens is 1. The second kappa shape index (κ2) is 8.21. The third kappa shape index (κ3) is 5.39. The number of nitrogens with zero attached hydrogens (tertiary/aromatic N) is 3. The van der Waals surface area contributed by atoms with Crippen LogP contribution in [0.1, 0.15) is 18.9 Å². The summed E-state index contributed by atoms with van der Waals surface area (Å²) in [5.41, 5.74) is 1.10. The summed E-state index contributed by atoms with van der Waals surface area (Å²) in [7, 11) is 0. The van der Waals surface area contributed by atoms with Crippen LogP contribution in [0.15, 0.2) is 36.4 Å². The van der Waals surface area contributed by atoms with Crippen LogP contribution in [0.25, 0.3) is 6.08 Å². The molecule has 2 rings (SSSR count). The Morgan fingerprint density at radius 1 is 1.05 bits per heavy atom. The molecule has 0 amide bonds. The van der Waals surface area contributed by atoms with Crippen molar-refractivity contribution in [1.29, 1.82) is 0 Å². The molecule has 5 nitrogen and oxygen atoms in total. The first-order chi connectivity index (χ1) is 10.3. The van der Waals surface area contributed by atoms with Gasteiger partial charge in [0, 0.05) is 0 Å². The summed E-state index contributed by atoms with van der Waals surface area (Å²) in [6, 6.07) is 10.3. The Morgan fingerprint density at radius 2 is 1.76 bits per heavy atom. The summed E-state index contributed by atoms with van der Waals surface area (Å²) in [5.74, 6) is 0. The third-order valence-electron chi connectivity index (χ3n) is 2.42. The first-order valence-electron chi connectivity index (χ1n) is 6.66. The second-order valence-electron chi connectivity index (χ2n) is 4.14. The van der Waals surface area contributed by atoms with Crippen LogP contribution in [-0.2, 0) is 0 Å². The van der Waals surface area contributed by atoms with Crippen molar-refractivity contribution in [2.45, 2.75) is 13.3 Å². The summed E-state index contributed by atoms with van der Waals surface area (Å²) < 4.78 is 10.7. The molecule has 0 aliphatic rings. The largest absolute Gasteiger partial charge is 0.463 e. The number of benzene rings is 1. The van der Waals surface area contributed by atoms with Crippen LogP contribution in [0.3, 0.4) is 0 Å². The standard InChI is InChI=1S/C15H16ClN3O2/c1-2-10-20-14-17-13(16)18-15(19-14)21-11-6-9-12-7-4-3-5-8-12/h3-9H,2,10-11H2,1H3. The van der Waals surface area contributed by atoms with Crippen molar-refractivity contribution >= 4 is 17.7 Å². The Bertz CT molecular complexity index is 591. The molecular formula is C15H16ClN3O2. The normalized spacial score (nSPS) is 10.8. The van der Waals surface area contributed by atoms with Crippen molar-refractivity contribution in [2.24, 2.45) is 0 Å². The SMILES string of the molecule is CCCOc1nc(Cl)nc(OCC=Cc2ccccc2)n1. The number of hydrogen-bond donors (Lipinski definition) is 0. The van der Waals surface area contributed by atoms with Crippen molar-refractivity contribution in [1.82, 2.24) is 15.0 Å². The fraction of sp³-hybridized carbons (Fsp3) is 0.267. The third-order valence-corrected chi connectivity index (χ3v) is 2.59. The van der Waals surface area contributed by atoms with Gasteiger partial charge in [0.05, 0.1) is 6.61 Å². The highest BCUT2D eigenvalue weighted by Crippen LogP contribution is 2.13. The van der Waals surface area contributed by atoms with E-state index in [4.69, 9.17) is 21.1 Å². The minimum Gasteiger partial charge on any atom is -0.463 e. The van der Waals surface area contributed by atoms with Gasteiger partial charge in [-0.1, -0.05) is 43.3 Å². The summed E-state index contributed by atoms with van der Waals surface area (Å²) in [5, 5.41) is 0.0538. The molecule has 0 atom stereocenters. The molecule has 2 aromatic rings. The Balaban J connectivity index is 1.90. The second-order valence-corrected chi connectivity index (χ2v) is 4.48. The quantitative estimate of drug-likeness (QED) is 0.784. The van der Waals surface area contributed by atoms with Gasteiger partial charge in [-0.05, 0) is 29.7 Å². The zero-order valence-corrected chi connectivity index (χ0v) is 12.5. The van der Waals surface area contributed by atoms with Crippen LogP contribution >= 0.6 is 11.6 Å². The Hall–Kier alpha value is -2.14. The highest BCUT2D eigenvalue weighted by Gasteiger charge is 2.06. The van der Waals surface area contributed by atoms with E-state index in [0.29, 0.717) is 13.2 Å². The molecular weight excluding hydrogens is 290 g/mol. The van der Waals surface area contributed by atoms with Crippen LogP contribution in [0.2, 0.25) is 5.28 Å². The van der Waals surface area contributed by atoms with E-state index in [1.54, 1.807) is 0 Å². The number of rotatable bonds is 7. The molecule has 0 radical (unpaired) electrons. The van der Waals surface area contributed by atoms with Crippen molar-refractivity contribution in [3.05, 3.63) is 47.3 Å². The number of ether oxygens (including phenoxy) is 2. The zero-order valence-electron chi connectivity index (χ0n) is 11.7. The van der Waals surface area contributed by atoms with Gasteiger partial charge in [-0.3, -0.25) is 0 Å². The van der Waals surface area contributed by atoms with Crippen molar-refractivity contribution in [3.8, 4) is 12.0 Å². The predicted octanol–water partition coefficient (Wildman–Crippen LogP) is 3.41. The average molecular weight is 306 g/mol. The fourth-order valence-corrected chi connectivity index (χ4v) is 1.65. The van der Waals surface area contributed by atoms with Crippen molar-refractivity contribution < 1.29 is 9.47 Å². The van der Waals surface area contributed by atoms with Crippen LogP contribution in [0.4, 0.5) is 0 Å². The van der Waals surface area contributed by atoms with Crippen LogP contribution in [0.5, 0.6) is 12.0 Å². The van der Waals surface area contributed by atoms with E-state index in [0.717, 1.165) is 12.0 Å². The molecule has 110 valence electrons. The average Bonchev–Trinajstić information content (AvgIpc) is 2.50. The zero-order chi connectivity index (χ0) is 14.9. The molecule has 1 heterocycles. The molecule has 0 unspecified atom stereocenters. The minimum absolute atomic E-state index is 0.0538. The molecule has 21 heavy (non-hydrogen) atoms. The lowest BCUT2D eigenvalue weighted by molar-refractivity contribution is 0.274. The summed E-state index contributed by atoms with van der Waals surface area (Å²) in [6.07, 6.45) is 4.69. The molecule has 0 bridgehead atoms. The smallest absolute Gasteiger partial charge is 0.324 e. The molecule has 0 spiro atoms. The molecule has 0 saturated heterocycles. The predicted molar refractivity (Wildman–Crippen MR) is 81.6 cm³/mol. The van der Waals surface area contributed by atoms with Gasteiger partial charge in [-0.25, -0.2) is 0 Å². The van der Waals surface area contributed by atoms with Crippen LogP contribution in [0, 0.1) is 0 Å². The van der Waals surface area contributed by atoms with Gasteiger partial charge in [-0.2, -0.15) is 9.97 Å². The minimum atomic E-state index is 0.0538. The lowest BCUT2D eigenvalue weighted by Gasteiger charge is -2.05. The van der Waals surface area contributed by atoms with E-state index in [1.165, 1.54) is 0 Å². The molecule has 0 fully saturated rings. The Labute approximate surface area is 128 Å². The topological polar surface area (TPSA) is 57.1 Å². The maximum Gasteiger partial charge on any atom is 0.324 e. The maximum absolute atomic E-state index is 5.80. The summed E-state index contributed by atoms with van der Waals surface area (Å²) in [4.78, 5) is 11.8. The summed E-state index contributed by atoms with van der Waals surface area (Å²) >= 11 is 5.80. The van der Waals surface area contributed by atoms with Gasteiger partial charge >= 0.3 is 12.0 Å². The highest BCUT2D eigenvalue weighted by atomic mass is 35.5. The van der Waals surface area contributed by atoms with Gasteiger partial charge in [-0.15, -0.1) is 4.98 Å². The molecule has 0 saturated carbocycles. The van der Waals surface area contributed by atoms with Crippen LogP contribution in [-0.4, -0.2) is 28.2 Å². The molecule has 0 aliphatic carbocycles. The maximum atomic E-state index is 5.80. The van der Waals surface area contributed by atoms with E-state index in [-0.39, 0.29) is 17.3 Å². The van der Waals surface area contributed by atoms with E-state index in [2.05, 4.69) is 15.0 Å². The van der Waals surface area contributed by atoms with Gasteiger partial charge in [0.25, 0.3) is 0 Å². The number of hydrogen-bond acceptors (Lipinski definition) is 5. The van der Waals surface area contributed by atoms with E-state index >= 15 is 0 Å². The summed E-state index contributed by atoms with van der Waals surface area (Å²) in [6.45, 7) is 2.85. The van der Waals surface area contributed by atoms with Crippen molar-refractivity contribution in [2.75, 3.05) is 13.2 Å². The Kier molecular flexibility index (Phi) is 5.97. The van der Waals surface area contributed by atoms with E-state index in [1.807, 2.05) is 49.4 Å². The number of aromatic nitrogens is 3. The molecule has 1 aromatic heterocycles. The molecule has 0 aliphatic heterocycles. The lowest BCUT2D eigenvalue weighted by Crippen LogP contribution is -2.05. The first-order valence-corrected chi connectivity index (χ1v) is 7.04. The van der Waals surface area contributed by atoms with Crippen molar-refractivity contribution in [3.63, 3.8) is 0 Å². The first kappa shape index (κ1) is 15.3. The van der Waals surface area contributed by atoms with Gasteiger partial charge in [0.1, 0.15) is 6.61 Å².